The molecule has 2 amide bonds. The number of amides is 2. The third-order valence-electron chi connectivity index (χ3n) is 2.38. The van der Waals surface area contributed by atoms with Crippen LogP contribution in [0.3, 0.4) is 0 Å². The van der Waals surface area contributed by atoms with Crippen LogP contribution in [0.15, 0.2) is 17.2 Å². The minimum Gasteiger partial charge on any atom is -0.346 e. The van der Waals surface area contributed by atoms with E-state index in [0.717, 1.165) is 0 Å². The van der Waals surface area contributed by atoms with Crippen molar-refractivity contribution in [1.82, 2.24) is 10.7 Å². The van der Waals surface area contributed by atoms with Gasteiger partial charge >= 0.3 is 11.8 Å². The van der Waals surface area contributed by atoms with Gasteiger partial charge in [0.2, 0.25) is 0 Å². The number of hydrogen-bond donors (Lipinski definition) is 2. The van der Waals surface area contributed by atoms with Crippen LogP contribution in [-0.2, 0) is 9.59 Å². The van der Waals surface area contributed by atoms with Gasteiger partial charge in [0.15, 0.2) is 0 Å². The van der Waals surface area contributed by atoms with Crippen LogP contribution in [0.5, 0.6) is 0 Å². The van der Waals surface area contributed by atoms with Gasteiger partial charge in [-0.25, -0.2) is 5.43 Å². The van der Waals surface area contributed by atoms with E-state index in [1.807, 2.05) is 0 Å². The molecule has 0 spiro atoms. The molecule has 8 heteroatoms. The molecule has 0 saturated heterocycles. The Morgan fingerprint density at radius 1 is 1.10 bits per heavy atom. The van der Waals surface area contributed by atoms with Crippen LogP contribution in [0, 0.1) is 0 Å². The van der Waals surface area contributed by atoms with Crippen molar-refractivity contribution in [2.45, 2.75) is 26.8 Å². The number of halogens is 3. The standard InChI is InChI=1S/C13H14Cl3N3O2/c1-6(2)17-12(20)13(21)19-18-7(3)8-4-5-9(14)11(16)10(8)15/h4-6H,1-3H3,(H,17,20)(H,19,21)/b18-7-. The Morgan fingerprint density at radius 2 is 1.71 bits per heavy atom. The second-order valence-corrected chi connectivity index (χ2v) is 5.65. The molecule has 0 aliphatic carbocycles. The summed E-state index contributed by atoms with van der Waals surface area (Å²) in [5.74, 6) is -1.62. The monoisotopic (exact) mass is 349 g/mol. The van der Waals surface area contributed by atoms with Crippen molar-refractivity contribution in [3.63, 3.8) is 0 Å². The van der Waals surface area contributed by atoms with Gasteiger partial charge in [0.1, 0.15) is 0 Å². The van der Waals surface area contributed by atoms with Crippen LogP contribution < -0.4 is 10.7 Å². The molecular weight excluding hydrogens is 337 g/mol. The highest BCUT2D eigenvalue weighted by Crippen LogP contribution is 2.32. The first kappa shape index (κ1) is 17.8. The second-order valence-electron chi connectivity index (χ2n) is 4.49. The Morgan fingerprint density at radius 3 is 2.29 bits per heavy atom. The third kappa shape index (κ3) is 4.88. The lowest BCUT2D eigenvalue weighted by Gasteiger charge is -2.08. The summed E-state index contributed by atoms with van der Waals surface area (Å²) in [5.41, 5.74) is 3.05. The first-order chi connectivity index (χ1) is 9.73. The molecule has 2 N–H and O–H groups in total. The Labute approximate surface area is 137 Å². The van der Waals surface area contributed by atoms with Gasteiger partial charge in [0.25, 0.3) is 0 Å². The lowest BCUT2D eigenvalue weighted by atomic mass is 10.1. The van der Waals surface area contributed by atoms with Crippen LogP contribution in [0.4, 0.5) is 0 Å². The molecule has 0 radical (unpaired) electrons. The molecule has 1 aromatic rings. The fourth-order valence-corrected chi connectivity index (χ4v) is 2.05. The van der Waals surface area contributed by atoms with E-state index in [9.17, 15) is 9.59 Å². The molecule has 0 aromatic heterocycles. The molecule has 5 nitrogen and oxygen atoms in total. The summed E-state index contributed by atoms with van der Waals surface area (Å²) in [6, 6.07) is 3.05. The molecule has 0 saturated carbocycles. The highest BCUT2D eigenvalue weighted by molar-refractivity contribution is 6.49. The second kappa shape index (κ2) is 7.64. The summed E-state index contributed by atoms with van der Waals surface area (Å²) in [5, 5.41) is 7.02. The van der Waals surface area contributed by atoms with Crippen molar-refractivity contribution >= 4 is 52.3 Å². The average Bonchev–Trinajstić information content (AvgIpc) is 2.41. The molecule has 1 aromatic carbocycles. The number of nitrogens with one attached hydrogen (secondary N) is 2. The smallest absolute Gasteiger partial charge is 0.329 e. The molecule has 0 fully saturated rings. The number of rotatable bonds is 3. The summed E-state index contributed by atoms with van der Waals surface area (Å²) in [7, 11) is 0. The molecule has 0 unspecified atom stereocenters. The van der Waals surface area contributed by atoms with Crippen molar-refractivity contribution < 1.29 is 9.59 Å². The minimum atomic E-state index is -0.862. The van der Waals surface area contributed by atoms with Crippen LogP contribution in [0.2, 0.25) is 15.1 Å². The third-order valence-corrected chi connectivity index (χ3v) is 3.67. The lowest BCUT2D eigenvalue weighted by Crippen LogP contribution is -2.41. The van der Waals surface area contributed by atoms with Gasteiger partial charge in [0, 0.05) is 11.6 Å². The number of benzene rings is 1. The van der Waals surface area contributed by atoms with E-state index in [1.165, 1.54) is 0 Å². The molecule has 114 valence electrons. The predicted molar refractivity (Wildman–Crippen MR) is 85.1 cm³/mol. The number of hydrogen-bond acceptors (Lipinski definition) is 3. The first-order valence-corrected chi connectivity index (χ1v) is 7.16. The summed E-state index contributed by atoms with van der Waals surface area (Å²) in [6.07, 6.45) is 0. The van der Waals surface area contributed by atoms with Crippen LogP contribution in [-0.4, -0.2) is 23.6 Å². The van der Waals surface area contributed by atoms with Crippen LogP contribution in [0.1, 0.15) is 26.3 Å². The van der Waals surface area contributed by atoms with Crippen molar-refractivity contribution in [3.8, 4) is 0 Å². The van der Waals surface area contributed by atoms with Gasteiger partial charge in [-0.05, 0) is 26.8 Å². The van der Waals surface area contributed by atoms with Gasteiger partial charge in [-0.3, -0.25) is 9.59 Å². The Kier molecular flexibility index (Phi) is 6.45. The molecule has 0 atom stereocenters. The molecule has 1 rings (SSSR count). The van der Waals surface area contributed by atoms with E-state index < -0.39 is 11.8 Å². The van der Waals surface area contributed by atoms with Crippen molar-refractivity contribution in [3.05, 3.63) is 32.8 Å². The fourth-order valence-electron chi connectivity index (χ4n) is 1.38. The Balaban J connectivity index is 2.85. The first-order valence-electron chi connectivity index (χ1n) is 6.03. The summed E-state index contributed by atoms with van der Waals surface area (Å²) in [4.78, 5) is 22.9. The Bertz CT molecular complexity index is 601. The Hall–Kier alpha value is -1.30. The maximum atomic E-state index is 11.5. The molecule has 0 bridgehead atoms. The molecule has 21 heavy (non-hydrogen) atoms. The normalized spacial score (nSPS) is 11.5. The average molecular weight is 351 g/mol. The predicted octanol–water partition coefficient (Wildman–Crippen LogP) is 3.01. The van der Waals surface area contributed by atoms with Gasteiger partial charge < -0.3 is 5.32 Å². The quantitative estimate of drug-likeness (QED) is 0.381. The number of carbonyl (C=O) groups excluding carboxylic acids is 2. The van der Waals surface area contributed by atoms with E-state index in [4.69, 9.17) is 34.8 Å². The van der Waals surface area contributed by atoms with Crippen molar-refractivity contribution in [2.24, 2.45) is 5.10 Å². The molecule has 0 aliphatic heterocycles. The summed E-state index contributed by atoms with van der Waals surface area (Å²) < 4.78 is 0. The minimum absolute atomic E-state index is 0.141. The molecule has 0 heterocycles. The number of hydrazone groups is 1. The zero-order chi connectivity index (χ0) is 16.2. The van der Waals surface area contributed by atoms with Gasteiger partial charge in [-0.1, -0.05) is 40.9 Å². The van der Waals surface area contributed by atoms with E-state index in [1.54, 1.807) is 32.9 Å². The maximum absolute atomic E-state index is 11.5. The van der Waals surface area contributed by atoms with Crippen molar-refractivity contribution in [2.75, 3.05) is 0 Å². The van der Waals surface area contributed by atoms with Crippen LogP contribution >= 0.6 is 34.8 Å². The maximum Gasteiger partial charge on any atom is 0.329 e. The lowest BCUT2D eigenvalue weighted by molar-refractivity contribution is -0.139. The largest absolute Gasteiger partial charge is 0.346 e. The van der Waals surface area contributed by atoms with Crippen molar-refractivity contribution in [1.29, 1.82) is 0 Å². The van der Waals surface area contributed by atoms with E-state index in [2.05, 4.69) is 15.8 Å². The van der Waals surface area contributed by atoms with Gasteiger partial charge in [-0.15, -0.1) is 0 Å². The van der Waals surface area contributed by atoms with Gasteiger partial charge in [-0.2, -0.15) is 5.10 Å². The van der Waals surface area contributed by atoms with Gasteiger partial charge in [0.05, 0.1) is 20.8 Å². The molecular formula is C13H14Cl3N3O2. The SMILES string of the molecule is C/C(=N/NC(=O)C(=O)NC(C)C)c1ccc(Cl)c(Cl)c1Cl. The topological polar surface area (TPSA) is 70.6 Å². The summed E-state index contributed by atoms with van der Waals surface area (Å²) >= 11 is 17.8. The zero-order valence-electron chi connectivity index (χ0n) is 11.6. The number of carbonyl (C=O) groups is 2. The van der Waals surface area contributed by atoms with E-state index >= 15 is 0 Å². The highest BCUT2D eigenvalue weighted by atomic mass is 35.5. The van der Waals surface area contributed by atoms with E-state index in [0.29, 0.717) is 16.3 Å². The van der Waals surface area contributed by atoms with E-state index in [-0.39, 0.29) is 16.1 Å². The van der Waals surface area contributed by atoms with Crippen LogP contribution in [0.25, 0.3) is 0 Å². The summed E-state index contributed by atoms with van der Waals surface area (Å²) in [6.45, 7) is 5.11. The zero-order valence-corrected chi connectivity index (χ0v) is 13.9. The molecule has 0 aliphatic rings. The fraction of sp³-hybridized carbons (Fsp3) is 0.308. The highest BCUT2D eigenvalue weighted by Gasteiger charge is 2.15. The number of nitrogens with zero attached hydrogens (tertiary/aromatic N) is 1.